The van der Waals surface area contributed by atoms with E-state index in [-0.39, 0.29) is 12.4 Å². The van der Waals surface area contributed by atoms with E-state index in [0.717, 1.165) is 0 Å². The Morgan fingerprint density at radius 3 is 2.79 bits per heavy atom. The van der Waals surface area contributed by atoms with Crippen LogP contribution in [-0.4, -0.2) is 12.7 Å². The van der Waals surface area contributed by atoms with Crippen molar-refractivity contribution in [2.45, 2.75) is 26.4 Å². The van der Waals surface area contributed by atoms with Crippen LogP contribution in [0.15, 0.2) is 18.2 Å². The van der Waals surface area contributed by atoms with E-state index in [2.05, 4.69) is 5.32 Å². The largest absolute Gasteiger partial charge is 0.380 e. The number of anilines is 1. The first kappa shape index (κ1) is 11.0. The van der Waals surface area contributed by atoms with Crippen molar-refractivity contribution in [3.8, 4) is 0 Å². The fourth-order valence-electron chi connectivity index (χ4n) is 1.15. The standard InChI is InChI=1S/C11H15F2N/c1-3-9(12)7-14-10-6-4-5-8(2)11(10)13/h4-6,9,14H,3,7H2,1-2H3. The molecule has 0 saturated carbocycles. The predicted octanol–water partition coefficient (Wildman–Crippen LogP) is 3.29. The first-order chi connectivity index (χ1) is 6.65. The van der Waals surface area contributed by atoms with Crippen molar-refractivity contribution in [2.75, 3.05) is 11.9 Å². The minimum absolute atomic E-state index is 0.164. The quantitative estimate of drug-likeness (QED) is 0.784. The zero-order chi connectivity index (χ0) is 10.6. The summed E-state index contributed by atoms with van der Waals surface area (Å²) in [5.74, 6) is -0.296. The number of halogens is 2. The van der Waals surface area contributed by atoms with Crippen LogP contribution in [0.3, 0.4) is 0 Å². The number of benzene rings is 1. The van der Waals surface area contributed by atoms with Gasteiger partial charge in [-0.1, -0.05) is 19.1 Å². The van der Waals surface area contributed by atoms with Gasteiger partial charge < -0.3 is 5.32 Å². The molecule has 14 heavy (non-hydrogen) atoms. The van der Waals surface area contributed by atoms with Gasteiger partial charge in [0.15, 0.2) is 0 Å². The summed E-state index contributed by atoms with van der Waals surface area (Å²) in [5, 5.41) is 2.75. The van der Waals surface area contributed by atoms with Crippen molar-refractivity contribution in [3.05, 3.63) is 29.6 Å². The molecule has 1 unspecified atom stereocenters. The van der Waals surface area contributed by atoms with E-state index in [1.165, 1.54) is 0 Å². The maximum Gasteiger partial charge on any atom is 0.149 e. The smallest absolute Gasteiger partial charge is 0.149 e. The molecule has 0 aliphatic carbocycles. The molecule has 1 aromatic carbocycles. The molecular weight excluding hydrogens is 184 g/mol. The Hall–Kier alpha value is -1.12. The van der Waals surface area contributed by atoms with Crippen molar-refractivity contribution in [1.82, 2.24) is 0 Å². The van der Waals surface area contributed by atoms with Crippen LogP contribution < -0.4 is 5.32 Å². The number of aryl methyl sites for hydroxylation is 1. The van der Waals surface area contributed by atoms with Crippen molar-refractivity contribution < 1.29 is 8.78 Å². The van der Waals surface area contributed by atoms with Gasteiger partial charge in [0.1, 0.15) is 12.0 Å². The summed E-state index contributed by atoms with van der Waals surface area (Å²) < 4.78 is 26.2. The average molecular weight is 199 g/mol. The number of rotatable bonds is 4. The van der Waals surface area contributed by atoms with E-state index in [0.29, 0.717) is 17.7 Å². The summed E-state index contributed by atoms with van der Waals surface area (Å²) in [4.78, 5) is 0. The number of alkyl halides is 1. The minimum atomic E-state index is -0.921. The lowest BCUT2D eigenvalue weighted by molar-refractivity contribution is 0.340. The van der Waals surface area contributed by atoms with Gasteiger partial charge >= 0.3 is 0 Å². The third-order valence-electron chi connectivity index (χ3n) is 2.15. The molecule has 0 saturated heterocycles. The van der Waals surface area contributed by atoms with Gasteiger partial charge in [-0.05, 0) is 25.0 Å². The first-order valence-electron chi connectivity index (χ1n) is 4.78. The molecule has 3 heteroatoms. The van der Waals surface area contributed by atoms with E-state index in [1.807, 2.05) is 0 Å². The van der Waals surface area contributed by atoms with Gasteiger partial charge in [-0.2, -0.15) is 0 Å². The van der Waals surface area contributed by atoms with E-state index >= 15 is 0 Å². The van der Waals surface area contributed by atoms with Crippen LogP contribution in [0.25, 0.3) is 0 Å². The van der Waals surface area contributed by atoms with Crippen LogP contribution in [0.4, 0.5) is 14.5 Å². The Morgan fingerprint density at radius 2 is 2.14 bits per heavy atom. The van der Waals surface area contributed by atoms with Gasteiger partial charge in [0.05, 0.1) is 5.69 Å². The van der Waals surface area contributed by atoms with Crippen molar-refractivity contribution >= 4 is 5.69 Å². The second-order valence-corrected chi connectivity index (χ2v) is 3.32. The van der Waals surface area contributed by atoms with Gasteiger partial charge in [-0.15, -0.1) is 0 Å². The summed E-state index contributed by atoms with van der Waals surface area (Å²) in [5.41, 5.74) is 0.947. The summed E-state index contributed by atoms with van der Waals surface area (Å²) >= 11 is 0. The Labute approximate surface area is 83.1 Å². The van der Waals surface area contributed by atoms with Crippen LogP contribution in [0, 0.1) is 12.7 Å². The molecule has 0 spiro atoms. The highest BCUT2D eigenvalue weighted by molar-refractivity contribution is 5.47. The molecule has 1 rings (SSSR count). The first-order valence-corrected chi connectivity index (χ1v) is 4.78. The number of hydrogen-bond donors (Lipinski definition) is 1. The normalized spacial score (nSPS) is 12.6. The van der Waals surface area contributed by atoms with E-state index in [4.69, 9.17) is 0 Å². The second kappa shape index (κ2) is 4.94. The average Bonchev–Trinajstić information content (AvgIpc) is 2.20. The summed E-state index contributed by atoms with van der Waals surface area (Å²) in [6.45, 7) is 3.61. The van der Waals surface area contributed by atoms with Crippen molar-refractivity contribution in [3.63, 3.8) is 0 Å². The fourth-order valence-corrected chi connectivity index (χ4v) is 1.15. The van der Waals surface area contributed by atoms with Crippen LogP contribution >= 0.6 is 0 Å². The SMILES string of the molecule is CCC(F)CNc1cccc(C)c1F. The maximum absolute atomic E-state index is 13.4. The van der Waals surface area contributed by atoms with Crippen molar-refractivity contribution in [1.29, 1.82) is 0 Å². The summed E-state index contributed by atoms with van der Waals surface area (Å²) in [7, 11) is 0. The molecule has 0 fully saturated rings. The molecule has 0 aliphatic rings. The molecule has 0 aliphatic heterocycles. The lowest BCUT2D eigenvalue weighted by Gasteiger charge is -2.10. The van der Waals surface area contributed by atoms with E-state index in [9.17, 15) is 8.78 Å². The Balaban J connectivity index is 2.63. The van der Waals surface area contributed by atoms with Crippen LogP contribution in [0.5, 0.6) is 0 Å². The second-order valence-electron chi connectivity index (χ2n) is 3.32. The van der Waals surface area contributed by atoms with Crippen LogP contribution in [0.1, 0.15) is 18.9 Å². The van der Waals surface area contributed by atoms with E-state index in [1.54, 1.807) is 32.0 Å². The molecule has 1 N–H and O–H groups in total. The third-order valence-corrected chi connectivity index (χ3v) is 2.15. The third kappa shape index (κ3) is 2.69. The molecule has 0 amide bonds. The van der Waals surface area contributed by atoms with Gasteiger partial charge in [-0.3, -0.25) is 0 Å². The molecule has 0 heterocycles. The van der Waals surface area contributed by atoms with Crippen molar-refractivity contribution in [2.24, 2.45) is 0 Å². The molecule has 1 nitrogen and oxygen atoms in total. The number of nitrogens with one attached hydrogen (secondary N) is 1. The van der Waals surface area contributed by atoms with Gasteiger partial charge in [0.2, 0.25) is 0 Å². The highest BCUT2D eigenvalue weighted by Gasteiger charge is 2.06. The molecule has 1 aromatic rings. The van der Waals surface area contributed by atoms with Gasteiger partial charge in [-0.25, -0.2) is 8.78 Å². The molecule has 0 aromatic heterocycles. The molecule has 78 valence electrons. The summed E-state index contributed by atoms with van der Waals surface area (Å²) in [6.07, 6.45) is -0.477. The topological polar surface area (TPSA) is 12.0 Å². The lowest BCUT2D eigenvalue weighted by Crippen LogP contribution is -2.15. The molecular formula is C11H15F2N. The van der Waals surface area contributed by atoms with E-state index < -0.39 is 6.17 Å². The minimum Gasteiger partial charge on any atom is -0.380 e. The highest BCUT2D eigenvalue weighted by atomic mass is 19.1. The van der Waals surface area contributed by atoms with Gasteiger partial charge in [0, 0.05) is 6.54 Å². The zero-order valence-electron chi connectivity index (χ0n) is 8.48. The molecule has 0 bridgehead atoms. The predicted molar refractivity (Wildman–Crippen MR) is 54.8 cm³/mol. The van der Waals surface area contributed by atoms with Gasteiger partial charge in [0.25, 0.3) is 0 Å². The molecule has 0 radical (unpaired) electrons. The molecule has 1 atom stereocenters. The monoisotopic (exact) mass is 199 g/mol. The number of hydrogen-bond acceptors (Lipinski definition) is 1. The highest BCUT2D eigenvalue weighted by Crippen LogP contribution is 2.17. The fraction of sp³-hybridized carbons (Fsp3) is 0.455. The lowest BCUT2D eigenvalue weighted by atomic mass is 10.2. The Morgan fingerprint density at radius 1 is 1.43 bits per heavy atom. The van der Waals surface area contributed by atoms with Crippen LogP contribution in [0.2, 0.25) is 0 Å². The van der Waals surface area contributed by atoms with Crippen LogP contribution in [-0.2, 0) is 0 Å². The maximum atomic E-state index is 13.4. The zero-order valence-corrected chi connectivity index (χ0v) is 8.48. The summed E-state index contributed by atoms with van der Waals surface area (Å²) in [6, 6.07) is 5.05. The Bertz CT molecular complexity index is 299. The Kier molecular flexibility index (Phi) is 3.86.